The maximum Gasteiger partial charge on any atom is 0.306 e. The molecule has 1 heterocycles. The fourth-order valence-corrected chi connectivity index (χ4v) is 3.08. The van der Waals surface area contributed by atoms with E-state index in [0.717, 1.165) is 44.2 Å². The maximum absolute atomic E-state index is 11.8. The fraction of sp³-hybridized carbons (Fsp3) is 0.933. The monoisotopic (exact) mass is 253 g/mol. The number of hydrogen-bond acceptors (Lipinski definition) is 3. The Kier molecular flexibility index (Phi) is 5.48. The molecule has 3 heteroatoms. The number of esters is 1. The van der Waals surface area contributed by atoms with Crippen LogP contribution in [0, 0.1) is 11.8 Å². The third-order valence-corrected chi connectivity index (χ3v) is 4.48. The van der Waals surface area contributed by atoms with E-state index < -0.39 is 0 Å². The van der Waals surface area contributed by atoms with Gasteiger partial charge in [0.1, 0.15) is 6.10 Å². The van der Waals surface area contributed by atoms with E-state index in [-0.39, 0.29) is 12.1 Å². The highest BCUT2D eigenvalue weighted by Crippen LogP contribution is 2.26. The van der Waals surface area contributed by atoms with Gasteiger partial charge in [-0.2, -0.15) is 0 Å². The molecule has 2 fully saturated rings. The molecular formula is C15H27NO2. The molecule has 2 rings (SSSR count). The Morgan fingerprint density at radius 3 is 2.44 bits per heavy atom. The molecular weight excluding hydrogens is 226 g/mol. The van der Waals surface area contributed by atoms with Crippen LogP contribution < -0.4 is 5.32 Å². The Labute approximate surface area is 111 Å². The van der Waals surface area contributed by atoms with Crippen LogP contribution in [0.2, 0.25) is 0 Å². The highest BCUT2D eigenvalue weighted by molar-refractivity contribution is 5.69. The number of rotatable bonds is 4. The summed E-state index contributed by atoms with van der Waals surface area (Å²) in [5.74, 6) is 1.58. The molecule has 2 aliphatic rings. The van der Waals surface area contributed by atoms with Gasteiger partial charge >= 0.3 is 5.97 Å². The van der Waals surface area contributed by atoms with E-state index in [9.17, 15) is 4.79 Å². The van der Waals surface area contributed by atoms with Crippen molar-refractivity contribution in [1.29, 1.82) is 0 Å². The van der Waals surface area contributed by atoms with Crippen LogP contribution in [0.4, 0.5) is 0 Å². The van der Waals surface area contributed by atoms with E-state index in [4.69, 9.17) is 4.74 Å². The second kappa shape index (κ2) is 7.13. The van der Waals surface area contributed by atoms with Crippen molar-refractivity contribution in [3.8, 4) is 0 Å². The smallest absolute Gasteiger partial charge is 0.306 e. The second-order valence-corrected chi connectivity index (χ2v) is 6.10. The van der Waals surface area contributed by atoms with Crippen LogP contribution in [0.25, 0.3) is 0 Å². The molecule has 1 saturated carbocycles. The topological polar surface area (TPSA) is 38.3 Å². The summed E-state index contributed by atoms with van der Waals surface area (Å²) in [7, 11) is 0. The molecule has 104 valence electrons. The number of nitrogens with one attached hydrogen (secondary N) is 1. The summed E-state index contributed by atoms with van der Waals surface area (Å²) in [5, 5.41) is 3.36. The van der Waals surface area contributed by atoms with Crippen molar-refractivity contribution in [3.05, 3.63) is 0 Å². The van der Waals surface area contributed by atoms with Crippen molar-refractivity contribution in [2.75, 3.05) is 13.1 Å². The van der Waals surface area contributed by atoms with Crippen molar-refractivity contribution >= 4 is 5.97 Å². The molecule has 0 aromatic carbocycles. The first kappa shape index (κ1) is 13.9. The summed E-state index contributed by atoms with van der Waals surface area (Å²) in [6.07, 6.45) is 8.85. The van der Waals surface area contributed by atoms with Gasteiger partial charge in [0.05, 0.1) is 0 Å². The van der Waals surface area contributed by atoms with E-state index in [1.165, 1.54) is 25.7 Å². The van der Waals surface area contributed by atoms with Crippen LogP contribution in [0.3, 0.4) is 0 Å². The number of hydrogen-bond donors (Lipinski definition) is 1. The lowest BCUT2D eigenvalue weighted by molar-refractivity contribution is -0.151. The predicted molar refractivity (Wildman–Crippen MR) is 72.3 cm³/mol. The third-order valence-electron chi connectivity index (χ3n) is 4.48. The van der Waals surface area contributed by atoms with Crippen LogP contribution in [-0.2, 0) is 9.53 Å². The van der Waals surface area contributed by atoms with E-state index in [2.05, 4.69) is 12.2 Å². The SMILES string of the molecule is CC1CCC(OC(=O)CCC2CCNCC2)CC1. The van der Waals surface area contributed by atoms with Crippen LogP contribution in [-0.4, -0.2) is 25.2 Å². The molecule has 18 heavy (non-hydrogen) atoms. The minimum Gasteiger partial charge on any atom is -0.462 e. The van der Waals surface area contributed by atoms with E-state index in [1.807, 2.05) is 0 Å². The molecule has 1 aliphatic carbocycles. The summed E-state index contributed by atoms with van der Waals surface area (Å²) in [5.41, 5.74) is 0. The zero-order valence-electron chi connectivity index (χ0n) is 11.6. The lowest BCUT2D eigenvalue weighted by Crippen LogP contribution is -2.28. The van der Waals surface area contributed by atoms with Gasteiger partial charge in [-0.25, -0.2) is 0 Å². The van der Waals surface area contributed by atoms with Crippen molar-refractivity contribution < 1.29 is 9.53 Å². The van der Waals surface area contributed by atoms with Crippen LogP contribution in [0.5, 0.6) is 0 Å². The molecule has 1 N–H and O–H groups in total. The molecule has 0 amide bonds. The average molecular weight is 253 g/mol. The Bertz CT molecular complexity index is 253. The summed E-state index contributed by atoms with van der Waals surface area (Å²) in [4.78, 5) is 11.8. The number of piperidine rings is 1. The Balaban J connectivity index is 1.59. The first-order chi connectivity index (χ1) is 8.74. The van der Waals surface area contributed by atoms with Gasteiger partial charge < -0.3 is 10.1 Å². The largest absolute Gasteiger partial charge is 0.462 e. The van der Waals surface area contributed by atoms with Gasteiger partial charge in [-0.1, -0.05) is 6.92 Å². The van der Waals surface area contributed by atoms with E-state index in [1.54, 1.807) is 0 Å². The van der Waals surface area contributed by atoms with Crippen LogP contribution in [0.15, 0.2) is 0 Å². The standard InChI is InChI=1S/C15H27NO2/c1-12-2-5-14(6-3-12)18-15(17)7-4-13-8-10-16-11-9-13/h12-14,16H,2-11H2,1H3. The van der Waals surface area contributed by atoms with Crippen LogP contribution in [0.1, 0.15) is 58.3 Å². The first-order valence-electron chi connectivity index (χ1n) is 7.64. The lowest BCUT2D eigenvalue weighted by atomic mass is 9.89. The van der Waals surface area contributed by atoms with Gasteiger partial charge in [0, 0.05) is 6.42 Å². The Morgan fingerprint density at radius 1 is 1.11 bits per heavy atom. The van der Waals surface area contributed by atoms with Crippen molar-refractivity contribution in [2.24, 2.45) is 11.8 Å². The lowest BCUT2D eigenvalue weighted by Gasteiger charge is -2.26. The molecule has 0 aromatic rings. The highest BCUT2D eigenvalue weighted by atomic mass is 16.5. The van der Waals surface area contributed by atoms with E-state index >= 15 is 0 Å². The first-order valence-corrected chi connectivity index (χ1v) is 7.64. The molecule has 3 nitrogen and oxygen atoms in total. The van der Waals surface area contributed by atoms with Crippen LogP contribution >= 0.6 is 0 Å². The summed E-state index contributed by atoms with van der Waals surface area (Å²) in [6, 6.07) is 0. The zero-order chi connectivity index (χ0) is 12.8. The molecule has 1 saturated heterocycles. The maximum atomic E-state index is 11.8. The van der Waals surface area contributed by atoms with Gasteiger partial charge in [0.15, 0.2) is 0 Å². The quantitative estimate of drug-likeness (QED) is 0.783. The summed E-state index contributed by atoms with van der Waals surface area (Å²) < 4.78 is 5.58. The number of carbonyl (C=O) groups excluding carboxylic acids is 1. The third kappa shape index (κ3) is 4.60. The minimum absolute atomic E-state index is 0.0353. The summed E-state index contributed by atoms with van der Waals surface area (Å²) in [6.45, 7) is 4.51. The van der Waals surface area contributed by atoms with Crippen molar-refractivity contribution in [1.82, 2.24) is 5.32 Å². The molecule has 0 bridgehead atoms. The van der Waals surface area contributed by atoms with Crippen molar-refractivity contribution in [2.45, 2.75) is 64.4 Å². The zero-order valence-corrected chi connectivity index (χ0v) is 11.6. The van der Waals surface area contributed by atoms with Gasteiger partial charge in [-0.05, 0) is 69.9 Å². The second-order valence-electron chi connectivity index (χ2n) is 6.10. The number of carbonyl (C=O) groups is 1. The molecule has 1 aliphatic heterocycles. The van der Waals surface area contributed by atoms with E-state index in [0.29, 0.717) is 6.42 Å². The average Bonchev–Trinajstić information content (AvgIpc) is 2.40. The predicted octanol–water partition coefficient (Wildman–Crippen LogP) is 2.89. The molecule has 0 spiro atoms. The normalized spacial score (nSPS) is 30.1. The molecule has 0 aromatic heterocycles. The Hall–Kier alpha value is -0.570. The number of ether oxygens (including phenoxy) is 1. The highest BCUT2D eigenvalue weighted by Gasteiger charge is 2.22. The van der Waals surface area contributed by atoms with Gasteiger partial charge in [-0.3, -0.25) is 4.79 Å². The van der Waals surface area contributed by atoms with Gasteiger partial charge in [0.25, 0.3) is 0 Å². The summed E-state index contributed by atoms with van der Waals surface area (Å²) >= 11 is 0. The van der Waals surface area contributed by atoms with Crippen molar-refractivity contribution in [3.63, 3.8) is 0 Å². The Morgan fingerprint density at radius 2 is 1.78 bits per heavy atom. The fourth-order valence-electron chi connectivity index (χ4n) is 3.08. The molecule has 0 unspecified atom stereocenters. The van der Waals surface area contributed by atoms with Gasteiger partial charge in [0.2, 0.25) is 0 Å². The molecule has 0 atom stereocenters. The van der Waals surface area contributed by atoms with Gasteiger partial charge in [-0.15, -0.1) is 0 Å². The minimum atomic E-state index is 0.0353. The molecule has 0 radical (unpaired) electrons.